The molecular weight excluding hydrogens is 540 g/mol. The van der Waals surface area contributed by atoms with Crippen LogP contribution in [0.1, 0.15) is 44.2 Å². The Bertz CT molecular complexity index is 1600. The van der Waals surface area contributed by atoms with E-state index in [9.17, 15) is 14.9 Å². The van der Waals surface area contributed by atoms with E-state index in [1.807, 2.05) is 78.9 Å². The lowest BCUT2D eigenvalue weighted by atomic mass is 9.95. The van der Waals surface area contributed by atoms with Crippen LogP contribution in [0.25, 0.3) is 5.69 Å². The molecule has 3 heterocycles. The van der Waals surface area contributed by atoms with Gasteiger partial charge in [-0.15, -0.1) is 0 Å². The molecule has 0 bridgehead atoms. The molecule has 2 atom stereocenters. The molecule has 0 saturated carbocycles. The summed E-state index contributed by atoms with van der Waals surface area (Å²) < 4.78 is 7.67. The zero-order chi connectivity index (χ0) is 29.3. The number of carbonyl (C=O) groups excluding carboxylic acids is 1. The van der Waals surface area contributed by atoms with Crippen LogP contribution < -0.4 is 20.3 Å². The predicted octanol–water partition coefficient (Wildman–Crippen LogP) is 5.95. The number of ether oxygens (including phenoxy) is 1. The lowest BCUT2D eigenvalue weighted by Gasteiger charge is -2.29. The molecule has 2 aromatic carbocycles. The molecule has 1 aliphatic heterocycles. The quantitative estimate of drug-likeness (QED) is 0.159. The van der Waals surface area contributed by atoms with Gasteiger partial charge in [0.25, 0.3) is 5.69 Å². The molecular formula is C30H30N6O4S. The van der Waals surface area contributed by atoms with Crippen LogP contribution in [-0.2, 0) is 4.79 Å². The molecule has 0 spiro atoms. The first-order valence-electron chi connectivity index (χ1n) is 13.0. The summed E-state index contributed by atoms with van der Waals surface area (Å²) in [4.78, 5) is 30.1. The number of thiocarbonyl (C=S) groups is 1. The number of nitro benzene ring substituents is 1. The Morgan fingerprint density at radius 2 is 1.80 bits per heavy atom. The fraction of sp³-hybridized carbons (Fsp3) is 0.233. The third-order valence-electron chi connectivity index (χ3n) is 6.91. The lowest BCUT2D eigenvalue weighted by Crippen LogP contribution is -2.30. The van der Waals surface area contributed by atoms with E-state index in [0.29, 0.717) is 16.5 Å². The average Bonchev–Trinajstić information content (AvgIpc) is 3.57. The number of aromatic nitrogens is 2. The topological polar surface area (TPSA) is 115 Å². The van der Waals surface area contributed by atoms with Crippen LogP contribution in [0.3, 0.4) is 0 Å². The minimum Gasteiger partial charge on any atom is -0.494 e. The molecule has 1 amide bonds. The number of nitrogens with zero attached hydrogens (tertiary/aromatic N) is 4. The highest BCUT2D eigenvalue weighted by atomic mass is 32.1. The number of amides is 1. The Morgan fingerprint density at radius 3 is 2.44 bits per heavy atom. The number of non-ortho nitro benzene ring substituents is 1. The molecule has 0 unspecified atom stereocenters. The zero-order valence-corrected chi connectivity index (χ0v) is 23.9. The van der Waals surface area contributed by atoms with Crippen molar-refractivity contribution < 1.29 is 14.5 Å². The average molecular weight is 571 g/mol. The molecule has 210 valence electrons. The maximum Gasteiger partial charge on any atom is 0.269 e. The van der Waals surface area contributed by atoms with E-state index in [4.69, 9.17) is 17.0 Å². The number of anilines is 2. The maximum absolute atomic E-state index is 12.7. The van der Waals surface area contributed by atoms with Gasteiger partial charge in [0.1, 0.15) is 11.8 Å². The number of hydrogen-bond acceptors (Lipinski definition) is 6. The summed E-state index contributed by atoms with van der Waals surface area (Å²) in [6, 6.07) is 21.0. The van der Waals surface area contributed by atoms with E-state index in [2.05, 4.69) is 15.6 Å². The summed E-state index contributed by atoms with van der Waals surface area (Å²) in [5, 5.41) is 18.1. The standard InChI is InChI=1S/C30H30N6O4S/c1-30(2,3)28(37)32-22-15-14-21(18-25(22)40-4)35-27(26(33-29(35)41)23-8-5-6-16-31-23)24-9-7-17-34(24)19-10-12-20(13-11-19)36(38)39/h5-18,26-27H,1-4H3,(H,32,37)(H,33,41)/t26-,27+/m1/s1. The highest BCUT2D eigenvalue weighted by molar-refractivity contribution is 7.80. The Labute approximate surface area is 243 Å². The van der Waals surface area contributed by atoms with Crippen LogP contribution in [0.4, 0.5) is 17.1 Å². The minimum atomic E-state index is -0.575. The van der Waals surface area contributed by atoms with Gasteiger partial charge in [-0.05, 0) is 60.7 Å². The minimum absolute atomic E-state index is 0.0184. The second-order valence-electron chi connectivity index (χ2n) is 10.7. The molecule has 1 saturated heterocycles. The Morgan fingerprint density at radius 1 is 1.07 bits per heavy atom. The highest BCUT2D eigenvalue weighted by Gasteiger charge is 2.42. The van der Waals surface area contributed by atoms with Crippen molar-refractivity contribution in [1.29, 1.82) is 0 Å². The number of hydrogen-bond donors (Lipinski definition) is 2. The van der Waals surface area contributed by atoms with Gasteiger partial charge in [0.2, 0.25) is 5.91 Å². The fourth-order valence-electron chi connectivity index (χ4n) is 4.78. The number of nitrogens with one attached hydrogen (secondary N) is 2. The predicted molar refractivity (Wildman–Crippen MR) is 161 cm³/mol. The first-order valence-corrected chi connectivity index (χ1v) is 13.4. The lowest BCUT2D eigenvalue weighted by molar-refractivity contribution is -0.384. The molecule has 1 aliphatic rings. The number of carbonyl (C=O) groups is 1. The van der Waals surface area contributed by atoms with Crippen LogP contribution in [0.5, 0.6) is 5.75 Å². The first kappa shape index (κ1) is 27.8. The Kier molecular flexibility index (Phi) is 7.46. The number of pyridine rings is 1. The van der Waals surface area contributed by atoms with Gasteiger partial charge in [-0.25, -0.2) is 0 Å². The Balaban J connectivity index is 1.60. The van der Waals surface area contributed by atoms with Crippen molar-refractivity contribution in [3.8, 4) is 11.4 Å². The van der Waals surface area contributed by atoms with E-state index < -0.39 is 10.3 Å². The van der Waals surface area contributed by atoms with Gasteiger partial charge in [0.05, 0.1) is 29.5 Å². The highest BCUT2D eigenvalue weighted by Crippen LogP contribution is 2.44. The molecule has 0 aliphatic carbocycles. The van der Waals surface area contributed by atoms with E-state index in [1.54, 1.807) is 31.5 Å². The monoisotopic (exact) mass is 570 g/mol. The maximum atomic E-state index is 12.7. The number of rotatable bonds is 7. The van der Waals surface area contributed by atoms with Crippen molar-refractivity contribution in [3.63, 3.8) is 0 Å². The third kappa shape index (κ3) is 5.48. The van der Waals surface area contributed by atoms with Gasteiger partial charge in [0, 0.05) is 53.1 Å². The SMILES string of the molecule is COc1cc(N2C(=S)N[C@H](c3ccccn3)[C@@H]2c2cccn2-c2ccc([N+](=O)[O-])cc2)ccc1NC(=O)C(C)(C)C. The van der Waals surface area contributed by atoms with Gasteiger partial charge in [-0.2, -0.15) is 0 Å². The molecule has 4 aromatic rings. The van der Waals surface area contributed by atoms with Crippen molar-refractivity contribution in [2.45, 2.75) is 32.9 Å². The second-order valence-corrected chi connectivity index (χ2v) is 11.0. The molecule has 11 heteroatoms. The van der Waals surface area contributed by atoms with Crippen LogP contribution in [0.15, 0.2) is 85.2 Å². The van der Waals surface area contributed by atoms with Crippen molar-refractivity contribution in [2.24, 2.45) is 5.41 Å². The van der Waals surface area contributed by atoms with Crippen LogP contribution in [0, 0.1) is 15.5 Å². The summed E-state index contributed by atoms with van der Waals surface area (Å²) in [5.41, 5.74) is 3.23. The summed E-state index contributed by atoms with van der Waals surface area (Å²) in [6.07, 6.45) is 3.65. The normalized spacial score (nSPS) is 16.8. The fourth-order valence-corrected chi connectivity index (χ4v) is 5.13. The number of benzene rings is 2. The van der Waals surface area contributed by atoms with Gasteiger partial charge in [-0.3, -0.25) is 19.9 Å². The molecule has 0 radical (unpaired) electrons. The second kappa shape index (κ2) is 11.0. The van der Waals surface area contributed by atoms with Crippen LogP contribution in [-0.4, -0.2) is 32.6 Å². The van der Waals surface area contributed by atoms with Gasteiger partial charge < -0.3 is 24.8 Å². The van der Waals surface area contributed by atoms with E-state index in [-0.39, 0.29) is 23.7 Å². The molecule has 2 N–H and O–H groups in total. The molecule has 10 nitrogen and oxygen atoms in total. The summed E-state index contributed by atoms with van der Waals surface area (Å²) >= 11 is 5.88. The largest absolute Gasteiger partial charge is 0.494 e. The summed E-state index contributed by atoms with van der Waals surface area (Å²) in [7, 11) is 1.56. The molecule has 5 rings (SSSR count). The summed E-state index contributed by atoms with van der Waals surface area (Å²) in [6.45, 7) is 5.54. The third-order valence-corrected chi connectivity index (χ3v) is 7.23. The van der Waals surface area contributed by atoms with E-state index >= 15 is 0 Å². The van der Waals surface area contributed by atoms with Crippen molar-refractivity contribution in [2.75, 3.05) is 17.3 Å². The van der Waals surface area contributed by atoms with Crippen molar-refractivity contribution >= 4 is 40.3 Å². The molecule has 1 fully saturated rings. The van der Waals surface area contributed by atoms with Gasteiger partial charge in [0.15, 0.2) is 5.11 Å². The van der Waals surface area contributed by atoms with Gasteiger partial charge >= 0.3 is 0 Å². The van der Waals surface area contributed by atoms with Crippen LogP contribution in [0.2, 0.25) is 0 Å². The van der Waals surface area contributed by atoms with Crippen molar-refractivity contribution in [3.05, 3.63) is 107 Å². The van der Waals surface area contributed by atoms with Crippen LogP contribution >= 0.6 is 12.2 Å². The van der Waals surface area contributed by atoms with E-state index in [0.717, 1.165) is 22.8 Å². The zero-order valence-electron chi connectivity index (χ0n) is 23.1. The smallest absolute Gasteiger partial charge is 0.269 e. The van der Waals surface area contributed by atoms with E-state index in [1.165, 1.54) is 12.1 Å². The summed E-state index contributed by atoms with van der Waals surface area (Å²) in [5.74, 6) is 0.365. The number of nitro groups is 1. The Hall–Kier alpha value is -4.77. The van der Waals surface area contributed by atoms with Gasteiger partial charge in [-0.1, -0.05) is 26.8 Å². The molecule has 2 aromatic heterocycles. The first-order chi connectivity index (χ1) is 19.6. The number of methoxy groups -OCH3 is 1. The molecule has 41 heavy (non-hydrogen) atoms. The van der Waals surface area contributed by atoms with Crippen molar-refractivity contribution in [1.82, 2.24) is 14.9 Å².